The Kier molecular flexibility index (Phi) is 3.45. The molecular formula is C14H24O4. The molecule has 2 aliphatic rings. The second-order valence-electron chi connectivity index (χ2n) is 5.75. The van der Waals surface area contributed by atoms with Gasteiger partial charge in [-0.1, -0.05) is 13.8 Å². The zero-order chi connectivity index (χ0) is 13.4. The number of aliphatic hydroxyl groups is 1. The first-order chi connectivity index (χ1) is 8.53. The molecule has 1 saturated carbocycles. The van der Waals surface area contributed by atoms with Crippen LogP contribution in [-0.4, -0.2) is 36.0 Å². The second kappa shape index (κ2) is 4.49. The molecular weight excluding hydrogens is 232 g/mol. The van der Waals surface area contributed by atoms with Gasteiger partial charge in [-0.3, -0.25) is 4.79 Å². The molecule has 4 nitrogen and oxygen atoms in total. The van der Waals surface area contributed by atoms with E-state index in [1.54, 1.807) is 0 Å². The molecule has 0 spiro atoms. The van der Waals surface area contributed by atoms with E-state index in [9.17, 15) is 9.90 Å². The molecule has 18 heavy (non-hydrogen) atoms. The molecule has 2 atom stereocenters. The van der Waals surface area contributed by atoms with Crippen molar-refractivity contribution in [1.82, 2.24) is 0 Å². The first-order valence-electron chi connectivity index (χ1n) is 6.93. The van der Waals surface area contributed by atoms with Crippen LogP contribution in [-0.2, 0) is 14.3 Å². The Morgan fingerprint density at radius 3 is 2.50 bits per heavy atom. The van der Waals surface area contributed by atoms with Crippen molar-refractivity contribution in [2.45, 2.75) is 63.6 Å². The van der Waals surface area contributed by atoms with Crippen molar-refractivity contribution in [1.29, 1.82) is 0 Å². The molecule has 1 unspecified atom stereocenters. The monoisotopic (exact) mass is 256 g/mol. The van der Waals surface area contributed by atoms with Crippen LogP contribution in [0.2, 0.25) is 0 Å². The molecule has 2 bridgehead atoms. The van der Waals surface area contributed by atoms with Crippen LogP contribution >= 0.6 is 0 Å². The lowest BCUT2D eigenvalue weighted by Crippen LogP contribution is -2.50. The summed E-state index contributed by atoms with van der Waals surface area (Å²) in [5.41, 5.74) is -1.57. The minimum absolute atomic E-state index is 0.00645. The quantitative estimate of drug-likeness (QED) is 0.782. The summed E-state index contributed by atoms with van der Waals surface area (Å²) in [6.45, 7) is 4.10. The Balaban J connectivity index is 2.48. The van der Waals surface area contributed by atoms with E-state index in [1.165, 1.54) is 7.11 Å². The van der Waals surface area contributed by atoms with Gasteiger partial charge in [0.2, 0.25) is 0 Å². The summed E-state index contributed by atoms with van der Waals surface area (Å²) < 4.78 is 11.3. The number of esters is 1. The standard InChI is InChI=1S/C14H24O4/c1-4-14(5-2)13(11(16)17-3)8-6-7-12(9-13,10-15)18-14/h15H,4-10H2,1-3H3/t12?,13-/m0/s1. The van der Waals surface area contributed by atoms with Crippen molar-refractivity contribution in [3.05, 3.63) is 0 Å². The lowest BCUT2D eigenvalue weighted by atomic mass is 9.61. The van der Waals surface area contributed by atoms with Crippen LogP contribution in [0.25, 0.3) is 0 Å². The van der Waals surface area contributed by atoms with E-state index in [1.807, 2.05) is 0 Å². The number of fused-ring (bicyclic) bond motifs is 2. The summed E-state index contributed by atoms with van der Waals surface area (Å²) in [5.74, 6) is -0.166. The minimum Gasteiger partial charge on any atom is -0.469 e. The molecule has 104 valence electrons. The number of ether oxygens (including phenoxy) is 2. The fraction of sp³-hybridized carbons (Fsp3) is 0.929. The van der Waals surface area contributed by atoms with Gasteiger partial charge < -0.3 is 14.6 Å². The maximum absolute atomic E-state index is 12.4. The van der Waals surface area contributed by atoms with Crippen LogP contribution in [0.1, 0.15) is 52.4 Å². The molecule has 0 aromatic carbocycles. The van der Waals surface area contributed by atoms with Crippen LogP contribution in [0.4, 0.5) is 0 Å². The highest BCUT2D eigenvalue weighted by Gasteiger charge is 2.68. The van der Waals surface area contributed by atoms with E-state index in [4.69, 9.17) is 9.47 Å². The molecule has 2 rings (SSSR count). The predicted molar refractivity (Wildman–Crippen MR) is 67.1 cm³/mol. The van der Waals surface area contributed by atoms with Gasteiger partial charge in [0.15, 0.2) is 0 Å². The summed E-state index contributed by atoms with van der Waals surface area (Å²) in [6.07, 6.45) is 4.72. The number of hydrogen-bond acceptors (Lipinski definition) is 4. The molecule has 2 fully saturated rings. The fourth-order valence-electron chi connectivity index (χ4n) is 4.22. The number of carbonyl (C=O) groups is 1. The van der Waals surface area contributed by atoms with Crippen LogP contribution in [0.3, 0.4) is 0 Å². The van der Waals surface area contributed by atoms with Crippen molar-refractivity contribution in [2.75, 3.05) is 13.7 Å². The molecule has 0 amide bonds. The van der Waals surface area contributed by atoms with Crippen LogP contribution in [0.15, 0.2) is 0 Å². The number of carbonyl (C=O) groups excluding carboxylic acids is 1. The zero-order valence-electron chi connectivity index (χ0n) is 11.6. The molecule has 1 saturated heterocycles. The van der Waals surface area contributed by atoms with Crippen molar-refractivity contribution in [3.8, 4) is 0 Å². The van der Waals surface area contributed by atoms with Gasteiger partial charge in [-0.15, -0.1) is 0 Å². The number of methoxy groups -OCH3 is 1. The average Bonchev–Trinajstić information content (AvgIpc) is 2.64. The SMILES string of the molecule is CCC1(CC)OC2(CO)CCC[C@@]1(C(=O)OC)C2. The van der Waals surface area contributed by atoms with Crippen molar-refractivity contribution >= 4 is 5.97 Å². The van der Waals surface area contributed by atoms with Gasteiger partial charge in [0.05, 0.1) is 30.3 Å². The van der Waals surface area contributed by atoms with Gasteiger partial charge in [0.1, 0.15) is 0 Å². The Hall–Kier alpha value is -0.610. The Bertz CT molecular complexity index is 337. The second-order valence-corrected chi connectivity index (χ2v) is 5.75. The predicted octanol–water partition coefficient (Wildman–Crippen LogP) is 2.04. The third-order valence-corrected chi connectivity index (χ3v) is 5.15. The lowest BCUT2D eigenvalue weighted by molar-refractivity contribution is -0.172. The van der Waals surface area contributed by atoms with Crippen molar-refractivity contribution in [3.63, 3.8) is 0 Å². The highest BCUT2D eigenvalue weighted by molar-refractivity contribution is 5.79. The third kappa shape index (κ3) is 1.55. The van der Waals surface area contributed by atoms with E-state index < -0.39 is 16.6 Å². The summed E-state index contributed by atoms with van der Waals surface area (Å²) >= 11 is 0. The van der Waals surface area contributed by atoms with E-state index >= 15 is 0 Å². The van der Waals surface area contributed by atoms with E-state index in [-0.39, 0.29) is 12.6 Å². The molecule has 1 aliphatic carbocycles. The highest BCUT2D eigenvalue weighted by atomic mass is 16.6. The van der Waals surface area contributed by atoms with E-state index in [0.29, 0.717) is 6.42 Å². The average molecular weight is 256 g/mol. The molecule has 0 aromatic rings. The molecule has 1 aliphatic heterocycles. The van der Waals surface area contributed by atoms with Gasteiger partial charge in [-0.25, -0.2) is 0 Å². The third-order valence-electron chi connectivity index (χ3n) is 5.15. The molecule has 0 radical (unpaired) electrons. The number of aliphatic hydroxyl groups excluding tert-OH is 1. The summed E-state index contributed by atoms with van der Waals surface area (Å²) in [5, 5.41) is 9.68. The number of hydrogen-bond donors (Lipinski definition) is 1. The van der Waals surface area contributed by atoms with Gasteiger partial charge in [0.25, 0.3) is 0 Å². The first kappa shape index (κ1) is 13.8. The smallest absolute Gasteiger partial charge is 0.314 e. The summed E-state index contributed by atoms with van der Waals surface area (Å²) in [6, 6.07) is 0. The Morgan fingerprint density at radius 2 is 2.00 bits per heavy atom. The van der Waals surface area contributed by atoms with Crippen LogP contribution < -0.4 is 0 Å². The van der Waals surface area contributed by atoms with E-state index in [2.05, 4.69) is 13.8 Å². The highest BCUT2D eigenvalue weighted by Crippen LogP contribution is 2.61. The van der Waals surface area contributed by atoms with Crippen LogP contribution in [0.5, 0.6) is 0 Å². The maximum atomic E-state index is 12.4. The molecule has 1 N–H and O–H groups in total. The number of rotatable bonds is 4. The van der Waals surface area contributed by atoms with Gasteiger partial charge in [0, 0.05) is 0 Å². The van der Waals surface area contributed by atoms with Gasteiger partial charge >= 0.3 is 5.97 Å². The largest absolute Gasteiger partial charge is 0.469 e. The maximum Gasteiger partial charge on any atom is 0.314 e. The van der Waals surface area contributed by atoms with Gasteiger partial charge in [-0.05, 0) is 38.5 Å². The normalized spacial score (nSPS) is 37.6. The first-order valence-corrected chi connectivity index (χ1v) is 6.93. The molecule has 4 heteroatoms. The fourth-order valence-corrected chi connectivity index (χ4v) is 4.22. The lowest BCUT2D eigenvalue weighted by Gasteiger charge is -2.41. The van der Waals surface area contributed by atoms with E-state index in [0.717, 1.165) is 32.1 Å². The molecule has 0 aromatic heterocycles. The van der Waals surface area contributed by atoms with Crippen molar-refractivity contribution in [2.24, 2.45) is 5.41 Å². The van der Waals surface area contributed by atoms with Gasteiger partial charge in [-0.2, -0.15) is 0 Å². The zero-order valence-corrected chi connectivity index (χ0v) is 11.6. The summed E-state index contributed by atoms with van der Waals surface area (Å²) in [4.78, 5) is 12.4. The van der Waals surface area contributed by atoms with Crippen molar-refractivity contribution < 1.29 is 19.4 Å². The Labute approximate surface area is 109 Å². The minimum atomic E-state index is -0.563. The topological polar surface area (TPSA) is 55.8 Å². The summed E-state index contributed by atoms with van der Waals surface area (Å²) in [7, 11) is 1.45. The molecule has 1 heterocycles. The van der Waals surface area contributed by atoms with Crippen LogP contribution in [0, 0.1) is 5.41 Å². The Morgan fingerprint density at radius 1 is 1.33 bits per heavy atom.